The van der Waals surface area contributed by atoms with Crippen molar-refractivity contribution in [1.82, 2.24) is 5.32 Å². The van der Waals surface area contributed by atoms with Gasteiger partial charge in [-0.1, -0.05) is 13.8 Å². The summed E-state index contributed by atoms with van der Waals surface area (Å²) in [5.74, 6) is 0.880. The van der Waals surface area contributed by atoms with Crippen molar-refractivity contribution in [2.24, 2.45) is 5.92 Å². The molecule has 1 N–H and O–H groups in total. The van der Waals surface area contributed by atoms with Crippen molar-refractivity contribution in [3.05, 3.63) is 0 Å². The van der Waals surface area contributed by atoms with Gasteiger partial charge in [0.25, 0.3) is 0 Å². The fourth-order valence-electron chi connectivity index (χ4n) is 2.24. The maximum absolute atomic E-state index is 6.08. The average molecular weight is 218 g/mol. The van der Waals surface area contributed by atoms with Crippen molar-refractivity contribution in [2.45, 2.75) is 63.8 Å². The molecule has 14 heavy (non-hydrogen) atoms. The molecule has 84 valence electrons. The lowest BCUT2D eigenvalue weighted by Gasteiger charge is -2.27. The molecule has 0 aromatic heterocycles. The zero-order valence-corrected chi connectivity index (χ0v) is 10.3. The molecule has 0 aliphatic heterocycles. The molecule has 0 aromatic rings. The van der Waals surface area contributed by atoms with E-state index >= 15 is 0 Å². The van der Waals surface area contributed by atoms with Gasteiger partial charge in [0.2, 0.25) is 0 Å². The zero-order valence-electron chi connectivity index (χ0n) is 9.56. The van der Waals surface area contributed by atoms with Crippen molar-refractivity contribution in [3.8, 4) is 0 Å². The van der Waals surface area contributed by atoms with E-state index in [1.165, 1.54) is 45.1 Å². The number of hydrogen-bond donors (Lipinski definition) is 1. The Morgan fingerprint density at radius 1 is 1.14 bits per heavy atom. The summed E-state index contributed by atoms with van der Waals surface area (Å²) in [7, 11) is 0. The first-order valence-corrected chi connectivity index (χ1v) is 6.57. The summed E-state index contributed by atoms with van der Waals surface area (Å²) in [6.45, 7) is 5.73. The van der Waals surface area contributed by atoms with Crippen LogP contribution in [-0.4, -0.2) is 18.0 Å². The van der Waals surface area contributed by atoms with E-state index in [0.29, 0.717) is 5.38 Å². The fourth-order valence-corrected chi connectivity index (χ4v) is 2.49. The molecule has 1 aliphatic rings. The summed E-state index contributed by atoms with van der Waals surface area (Å²) >= 11 is 6.08. The van der Waals surface area contributed by atoms with Crippen molar-refractivity contribution in [3.63, 3.8) is 0 Å². The second kappa shape index (κ2) is 6.68. The molecule has 2 heteroatoms. The summed E-state index contributed by atoms with van der Waals surface area (Å²) in [5, 5.41) is 4.12. The first kappa shape index (κ1) is 12.3. The van der Waals surface area contributed by atoms with Crippen LogP contribution in [0.15, 0.2) is 0 Å². The van der Waals surface area contributed by atoms with Gasteiger partial charge in [-0.05, 0) is 51.0 Å². The third-order valence-electron chi connectivity index (χ3n) is 3.46. The second-order valence-corrected chi connectivity index (χ2v) is 5.16. The monoisotopic (exact) mass is 217 g/mol. The molecule has 1 aliphatic carbocycles. The number of halogens is 1. The zero-order chi connectivity index (χ0) is 10.4. The first-order chi connectivity index (χ1) is 6.76. The highest BCUT2D eigenvalue weighted by molar-refractivity contribution is 6.20. The van der Waals surface area contributed by atoms with Crippen LogP contribution in [-0.2, 0) is 0 Å². The Hall–Kier alpha value is 0.250. The van der Waals surface area contributed by atoms with Gasteiger partial charge in [-0.15, -0.1) is 11.6 Å². The normalized spacial score (nSPS) is 28.3. The molecule has 1 rings (SSSR count). The van der Waals surface area contributed by atoms with Gasteiger partial charge in [0.05, 0.1) is 0 Å². The van der Waals surface area contributed by atoms with E-state index < -0.39 is 0 Å². The third kappa shape index (κ3) is 4.18. The van der Waals surface area contributed by atoms with E-state index in [4.69, 9.17) is 11.6 Å². The number of nitrogens with one attached hydrogen (secondary N) is 1. The quantitative estimate of drug-likeness (QED) is 0.695. The smallest absolute Gasteiger partial charge is 0.0336 e. The molecule has 1 saturated carbocycles. The third-order valence-corrected chi connectivity index (χ3v) is 3.89. The molecule has 0 atom stereocenters. The lowest BCUT2D eigenvalue weighted by molar-refractivity contribution is 0.325. The minimum absolute atomic E-state index is 0.458. The summed E-state index contributed by atoms with van der Waals surface area (Å²) in [5.41, 5.74) is 0. The molecule has 1 fully saturated rings. The van der Waals surface area contributed by atoms with Gasteiger partial charge < -0.3 is 5.32 Å². The number of rotatable bonds is 5. The largest absolute Gasteiger partial charge is 0.314 e. The summed E-state index contributed by atoms with van der Waals surface area (Å²) in [4.78, 5) is 0. The van der Waals surface area contributed by atoms with E-state index in [1.54, 1.807) is 0 Å². The van der Waals surface area contributed by atoms with Gasteiger partial charge in [-0.3, -0.25) is 0 Å². The minimum atomic E-state index is 0.458. The SMILES string of the molecule is CCC(CC)NCC1CCC(Cl)CC1. The average Bonchev–Trinajstić information content (AvgIpc) is 2.22. The van der Waals surface area contributed by atoms with Crippen LogP contribution in [0.25, 0.3) is 0 Å². The molecule has 0 heterocycles. The first-order valence-electron chi connectivity index (χ1n) is 6.13. The van der Waals surface area contributed by atoms with Crippen molar-refractivity contribution >= 4 is 11.6 Å². The summed E-state index contributed by atoms with van der Waals surface area (Å²) in [6.07, 6.45) is 7.58. The fraction of sp³-hybridized carbons (Fsp3) is 1.00. The van der Waals surface area contributed by atoms with E-state index in [9.17, 15) is 0 Å². The molecular weight excluding hydrogens is 194 g/mol. The molecule has 0 amide bonds. The predicted molar refractivity (Wildman–Crippen MR) is 64.0 cm³/mol. The molecule has 0 unspecified atom stereocenters. The van der Waals surface area contributed by atoms with Gasteiger partial charge in [0.15, 0.2) is 0 Å². The molecule has 0 aromatic carbocycles. The van der Waals surface area contributed by atoms with Crippen LogP contribution >= 0.6 is 11.6 Å². The van der Waals surface area contributed by atoms with Crippen LogP contribution in [0.5, 0.6) is 0 Å². The molecule has 0 saturated heterocycles. The van der Waals surface area contributed by atoms with Crippen LogP contribution in [0, 0.1) is 5.92 Å². The van der Waals surface area contributed by atoms with Crippen molar-refractivity contribution < 1.29 is 0 Å². The van der Waals surface area contributed by atoms with E-state index in [-0.39, 0.29) is 0 Å². The Kier molecular flexibility index (Phi) is 5.88. The van der Waals surface area contributed by atoms with Gasteiger partial charge in [0.1, 0.15) is 0 Å². The number of alkyl halides is 1. The Bertz CT molecular complexity index is 137. The lowest BCUT2D eigenvalue weighted by Crippen LogP contribution is -2.34. The van der Waals surface area contributed by atoms with E-state index in [2.05, 4.69) is 19.2 Å². The van der Waals surface area contributed by atoms with E-state index in [1.807, 2.05) is 0 Å². The van der Waals surface area contributed by atoms with Crippen LogP contribution in [0.1, 0.15) is 52.4 Å². The highest BCUT2D eigenvalue weighted by atomic mass is 35.5. The Morgan fingerprint density at radius 2 is 1.71 bits per heavy atom. The molecule has 0 radical (unpaired) electrons. The van der Waals surface area contributed by atoms with Crippen LogP contribution in [0.3, 0.4) is 0 Å². The summed E-state index contributed by atoms with van der Waals surface area (Å²) < 4.78 is 0. The van der Waals surface area contributed by atoms with Gasteiger partial charge >= 0.3 is 0 Å². The van der Waals surface area contributed by atoms with Crippen molar-refractivity contribution in [2.75, 3.05) is 6.54 Å². The van der Waals surface area contributed by atoms with E-state index in [0.717, 1.165) is 12.0 Å². The maximum Gasteiger partial charge on any atom is 0.0336 e. The van der Waals surface area contributed by atoms with Gasteiger partial charge in [-0.25, -0.2) is 0 Å². The van der Waals surface area contributed by atoms with Crippen molar-refractivity contribution in [1.29, 1.82) is 0 Å². The highest BCUT2D eigenvalue weighted by Gasteiger charge is 2.19. The lowest BCUT2D eigenvalue weighted by atomic mass is 9.88. The second-order valence-electron chi connectivity index (χ2n) is 4.54. The predicted octanol–water partition coefficient (Wildman–Crippen LogP) is 3.56. The van der Waals surface area contributed by atoms with Crippen LogP contribution in [0.2, 0.25) is 0 Å². The van der Waals surface area contributed by atoms with Crippen LogP contribution < -0.4 is 5.32 Å². The van der Waals surface area contributed by atoms with Crippen LogP contribution in [0.4, 0.5) is 0 Å². The minimum Gasteiger partial charge on any atom is -0.314 e. The standard InChI is InChI=1S/C12H24ClN/c1-3-12(4-2)14-9-10-5-7-11(13)8-6-10/h10-12,14H,3-9H2,1-2H3. The maximum atomic E-state index is 6.08. The Morgan fingerprint density at radius 3 is 2.21 bits per heavy atom. The molecular formula is C12H24ClN. The topological polar surface area (TPSA) is 12.0 Å². The summed E-state index contributed by atoms with van der Waals surface area (Å²) in [6, 6.07) is 0.726. The highest BCUT2D eigenvalue weighted by Crippen LogP contribution is 2.27. The van der Waals surface area contributed by atoms with Gasteiger partial charge in [0, 0.05) is 11.4 Å². The number of hydrogen-bond acceptors (Lipinski definition) is 1. The molecule has 0 spiro atoms. The molecule has 0 bridgehead atoms. The Labute approximate surface area is 93.6 Å². The molecule has 1 nitrogen and oxygen atoms in total. The van der Waals surface area contributed by atoms with Gasteiger partial charge in [-0.2, -0.15) is 0 Å². The Balaban J connectivity index is 2.12.